The molecule has 1 amide bonds. The molecule has 2 heterocycles. The molecule has 0 bridgehead atoms. The number of piperidine rings is 2. The molecule has 2 unspecified atom stereocenters. The Morgan fingerprint density at radius 2 is 2.08 bits per heavy atom. The highest BCUT2D eigenvalue weighted by Gasteiger charge is 2.24. The van der Waals surface area contributed by atoms with Gasteiger partial charge in [0.2, 0.25) is 5.91 Å². The molecule has 0 aromatic carbocycles. The van der Waals surface area contributed by atoms with Crippen LogP contribution in [0.15, 0.2) is 4.99 Å². The van der Waals surface area contributed by atoms with Gasteiger partial charge in [-0.2, -0.15) is 0 Å². The standard InChI is InChI=1S/C17H33N5O.HI/c1-4-18-17(20-14-9-10-16(23)21(3)13-14)19-12-15-8-6-7-11-22(15)5-2;/h14-15H,4-13H2,1-3H3,(H2,18,19,20);1H. The van der Waals surface area contributed by atoms with Gasteiger partial charge in [0, 0.05) is 38.6 Å². The first-order valence-corrected chi connectivity index (χ1v) is 9.16. The number of nitrogens with one attached hydrogen (secondary N) is 2. The van der Waals surface area contributed by atoms with Crippen molar-refractivity contribution in [1.82, 2.24) is 20.4 Å². The van der Waals surface area contributed by atoms with E-state index in [2.05, 4.69) is 29.4 Å². The maximum absolute atomic E-state index is 11.6. The summed E-state index contributed by atoms with van der Waals surface area (Å²) in [7, 11) is 1.88. The molecule has 0 saturated carbocycles. The van der Waals surface area contributed by atoms with E-state index >= 15 is 0 Å². The van der Waals surface area contributed by atoms with Gasteiger partial charge < -0.3 is 15.5 Å². The molecule has 140 valence electrons. The molecule has 2 rings (SSSR count). The van der Waals surface area contributed by atoms with E-state index < -0.39 is 0 Å². The summed E-state index contributed by atoms with van der Waals surface area (Å²) in [6.07, 6.45) is 5.39. The van der Waals surface area contributed by atoms with Crippen LogP contribution in [0.5, 0.6) is 0 Å². The van der Waals surface area contributed by atoms with Crippen molar-refractivity contribution in [2.75, 3.05) is 39.8 Å². The highest BCUT2D eigenvalue weighted by Crippen LogP contribution is 2.16. The van der Waals surface area contributed by atoms with E-state index in [1.165, 1.54) is 25.8 Å². The molecule has 0 radical (unpaired) electrons. The monoisotopic (exact) mass is 451 g/mol. The number of likely N-dealkylation sites (N-methyl/N-ethyl adjacent to an activating group) is 2. The largest absolute Gasteiger partial charge is 0.357 e. The van der Waals surface area contributed by atoms with E-state index in [4.69, 9.17) is 4.99 Å². The van der Waals surface area contributed by atoms with Crippen LogP contribution in [-0.4, -0.2) is 73.5 Å². The molecule has 2 N–H and O–H groups in total. The predicted molar refractivity (Wildman–Crippen MR) is 110 cm³/mol. The normalized spacial score (nSPS) is 26.0. The molecule has 2 atom stereocenters. The van der Waals surface area contributed by atoms with E-state index in [1.807, 2.05) is 11.9 Å². The van der Waals surface area contributed by atoms with Crippen LogP contribution in [0.1, 0.15) is 46.0 Å². The predicted octanol–water partition coefficient (Wildman–Crippen LogP) is 1.65. The van der Waals surface area contributed by atoms with Gasteiger partial charge in [-0.05, 0) is 39.3 Å². The molecule has 0 aromatic heterocycles. The van der Waals surface area contributed by atoms with Gasteiger partial charge >= 0.3 is 0 Å². The Labute approximate surface area is 163 Å². The van der Waals surface area contributed by atoms with E-state index in [0.717, 1.165) is 38.6 Å². The van der Waals surface area contributed by atoms with Gasteiger partial charge in [-0.1, -0.05) is 13.3 Å². The summed E-state index contributed by atoms with van der Waals surface area (Å²) in [4.78, 5) is 20.8. The van der Waals surface area contributed by atoms with Gasteiger partial charge in [-0.3, -0.25) is 14.7 Å². The van der Waals surface area contributed by atoms with Crippen molar-refractivity contribution in [3.63, 3.8) is 0 Å². The van der Waals surface area contributed by atoms with Crippen LogP contribution < -0.4 is 10.6 Å². The first-order valence-electron chi connectivity index (χ1n) is 9.16. The summed E-state index contributed by atoms with van der Waals surface area (Å²) in [5.41, 5.74) is 0. The zero-order chi connectivity index (χ0) is 16.7. The number of amides is 1. The number of guanidine groups is 1. The number of halogens is 1. The Bertz CT molecular complexity index is 418. The number of hydrogen-bond acceptors (Lipinski definition) is 3. The zero-order valence-electron chi connectivity index (χ0n) is 15.4. The van der Waals surface area contributed by atoms with Gasteiger partial charge in [0.05, 0.1) is 6.54 Å². The minimum absolute atomic E-state index is 0. The number of likely N-dealkylation sites (tertiary alicyclic amines) is 2. The highest BCUT2D eigenvalue weighted by atomic mass is 127. The number of rotatable bonds is 5. The minimum Gasteiger partial charge on any atom is -0.357 e. The van der Waals surface area contributed by atoms with Gasteiger partial charge in [-0.15, -0.1) is 24.0 Å². The van der Waals surface area contributed by atoms with Crippen LogP contribution in [0.3, 0.4) is 0 Å². The first kappa shape index (κ1) is 21.5. The maximum Gasteiger partial charge on any atom is 0.222 e. The molecule has 2 saturated heterocycles. The van der Waals surface area contributed by atoms with Crippen molar-refractivity contribution in [2.45, 2.75) is 58.0 Å². The van der Waals surface area contributed by atoms with E-state index in [0.29, 0.717) is 18.5 Å². The van der Waals surface area contributed by atoms with E-state index in [-0.39, 0.29) is 29.9 Å². The highest BCUT2D eigenvalue weighted by molar-refractivity contribution is 14.0. The number of carbonyl (C=O) groups excluding carboxylic acids is 1. The van der Waals surface area contributed by atoms with Crippen molar-refractivity contribution in [3.05, 3.63) is 0 Å². The molecule has 0 aliphatic carbocycles. The molecule has 0 aromatic rings. The fourth-order valence-electron chi connectivity index (χ4n) is 3.52. The van der Waals surface area contributed by atoms with Crippen LogP contribution in [0.25, 0.3) is 0 Å². The van der Waals surface area contributed by atoms with Gasteiger partial charge in [-0.25, -0.2) is 0 Å². The van der Waals surface area contributed by atoms with E-state index in [1.54, 1.807) is 0 Å². The Balaban J connectivity index is 0.00000288. The number of nitrogens with zero attached hydrogens (tertiary/aromatic N) is 3. The Kier molecular flexibility index (Phi) is 9.95. The molecule has 2 aliphatic heterocycles. The molecular formula is C17H34IN5O. The lowest BCUT2D eigenvalue weighted by molar-refractivity contribution is -0.132. The number of hydrogen-bond donors (Lipinski definition) is 2. The Hall–Kier alpha value is -0.570. The third-order valence-electron chi connectivity index (χ3n) is 4.93. The van der Waals surface area contributed by atoms with Gasteiger partial charge in [0.1, 0.15) is 0 Å². The van der Waals surface area contributed by atoms with Crippen LogP contribution >= 0.6 is 24.0 Å². The molecule has 7 heteroatoms. The number of aliphatic imine (C=N–C) groups is 1. The van der Waals surface area contributed by atoms with Crippen molar-refractivity contribution in [1.29, 1.82) is 0 Å². The van der Waals surface area contributed by atoms with Crippen LogP contribution in [0, 0.1) is 0 Å². The third kappa shape index (κ3) is 6.38. The lowest BCUT2D eigenvalue weighted by Crippen LogP contribution is -2.52. The van der Waals surface area contributed by atoms with Gasteiger partial charge in [0.15, 0.2) is 5.96 Å². The average molecular weight is 451 g/mol. The topological polar surface area (TPSA) is 60.0 Å². The zero-order valence-corrected chi connectivity index (χ0v) is 17.7. The second-order valence-electron chi connectivity index (χ2n) is 6.65. The Morgan fingerprint density at radius 1 is 1.29 bits per heavy atom. The van der Waals surface area contributed by atoms with Crippen molar-refractivity contribution < 1.29 is 4.79 Å². The summed E-state index contributed by atoms with van der Waals surface area (Å²) in [6, 6.07) is 0.865. The quantitative estimate of drug-likeness (QED) is 0.379. The Morgan fingerprint density at radius 3 is 2.75 bits per heavy atom. The molecular weight excluding hydrogens is 417 g/mol. The van der Waals surface area contributed by atoms with Gasteiger partial charge in [0.25, 0.3) is 0 Å². The second kappa shape index (κ2) is 11.1. The summed E-state index contributed by atoms with van der Waals surface area (Å²) in [5.74, 6) is 1.13. The molecule has 0 spiro atoms. The number of carbonyl (C=O) groups is 1. The fourth-order valence-corrected chi connectivity index (χ4v) is 3.52. The second-order valence-corrected chi connectivity index (χ2v) is 6.65. The lowest BCUT2D eigenvalue weighted by Gasteiger charge is -2.34. The molecule has 24 heavy (non-hydrogen) atoms. The smallest absolute Gasteiger partial charge is 0.222 e. The third-order valence-corrected chi connectivity index (χ3v) is 4.93. The maximum atomic E-state index is 11.6. The average Bonchev–Trinajstić information content (AvgIpc) is 2.56. The van der Waals surface area contributed by atoms with E-state index in [9.17, 15) is 4.79 Å². The SMILES string of the molecule is CCNC(=NCC1CCCCN1CC)NC1CCC(=O)N(C)C1.I. The molecule has 2 fully saturated rings. The molecule has 6 nitrogen and oxygen atoms in total. The summed E-state index contributed by atoms with van der Waals surface area (Å²) in [5, 5.41) is 6.85. The fraction of sp³-hybridized carbons (Fsp3) is 0.882. The first-order chi connectivity index (χ1) is 11.1. The van der Waals surface area contributed by atoms with Crippen molar-refractivity contribution >= 4 is 35.8 Å². The van der Waals surface area contributed by atoms with Crippen molar-refractivity contribution in [2.24, 2.45) is 4.99 Å². The molecule has 2 aliphatic rings. The van der Waals surface area contributed by atoms with Crippen LogP contribution in [-0.2, 0) is 4.79 Å². The lowest BCUT2D eigenvalue weighted by atomic mass is 10.0. The van der Waals surface area contributed by atoms with Crippen LogP contribution in [0.4, 0.5) is 0 Å². The summed E-state index contributed by atoms with van der Waals surface area (Å²) >= 11 is 0. The van der Waals surface area contributed by atoms with Crippen LogP contribution in [0.2, 0.25) is 0 Å². The minimum atomic E-state index is 0. The van der Waals surface area contributed by atoms with Crippen molar-refractivity contribution in [3.8, 4) is 0 Å². The summed E-state index contributed by atoms with van der Waals surface area (Å²) in [6.45, 7) is 9.11. The summed E-state index contributed by atoms with van der Waals surface area (Å²) < 4.78 is 0.